The molecular formula is C60H94F6O7S. The van der Waals surface area contributed by atoms with Gasteiger partial charge in [-0.3, -0.25) is 0 Å². The van der Waals surface area contributed by atoms with Crippen LogP contribution in [-0.2, 0) is 9.84 Å². The van der Waals surface area contributed by atoms with Crippen molar-refractivity contribution in [2.45, 2.75) is 231 Å². The minimum absolute atomic E-state index is 0. The SMILES string of the molecule is C.CO.C[C@H](C(C[C@@H](C)O)S(=O)(=O)c1ccccc1)[C@H]1CC[C@H]2[C@@H]3CC=C4C[C@](O)(C(F)(F)F)CC[C@]4(C)[C@H]3CC[C@]12C.C[C@H](CC[C@@H](C)O)[C@H]1CC[C@H]2[C@@H]3CC=C4C[C@](O)(C(F)(F)F)CC[C@]4(C)[C@H]3CC[C@]12C. The van der Waals surface area contributed by atoms with Gasteiger partial charge in [0, 0.05) is 20.0 Å². The maximum Gasteiger partial charge on any atom is 0.417 e. The van der Waals surface area contributed by atoms with Crippen molar-refractivity contribution in [1.29, 1.82) is 0 Å². The topological polar surface area (TPSA) is 135 Å². The molecule has 1 aromatic rings. The van der Waals surface area contributed by atoms with E-state index in [2.05, 4.69) is 47.6 Å². The van der Waals surface area contributed by atoms with E-state index in [1.807, 2.05) is 13.0 Å². The minimum atomic E-state index is -4.63. The van der Waals surface area contributed by atoms with Gasteiger partial charge in [0.05, 0.1) is 22.4 Å². The number of alkyl halides is 6. The molecule has 0 amide bonds. The van der Waals surface area contributed by atoms with Gasteiger partial charge in [-0.15, -0.1) is 0 Å². The molecule has 19 atom stereocenters. The molecule has 8 aliphatic rings. The van der Waals surface area contributed by atoms with Crippen LogP contribution < -0.4 is 0 Å². The first-order chi connectivity index (χ1) is 33.9. The van der Waals surface area contributed by atoms with Crippen LogP contribution in [0.25, 0.3) is 0 Å². The lowest BCUT2D eigenvalue weighted by atomic mass is 9.46. The summed E-state index contributed by atoms with van der Waals surface area (Å²) in [6.45, 7) is 17.0. The second kappa shape index (κ2) is 21.9. The van der Waals surface area contributed by atoms with Gasteiger partial charge in [-0.2, -0.15) is 26.3 Å². The highest BCUT2D eigenvalue weighted by Crippen LogP contribution is 2.70. The molecule has 1 unspecified atom stereocenters. The zero-order chi connectivity index (χ0) is 54.1. The van der Waals surface area contributed by atoms with E-state index >= 15 is 0 Å². The van der Waals surface area contributed by atoms with Gasteiger partial charge < -0.3 is 25.5 Å². The van der Waals surface area contributed by atoms with E-state index in [1.54, 1.807) is 37.3 Å². The number of hydrogen-bond acceptors (Lipinski definition) is 7. The Kier molecular flexibility index (Phi) is 18.2. The van der Waals surface area contributed by atoms with Gasteiger partial charge in [-0.05, 0) is 216 Å². The monoisotopic (exact) mass is 1070 g/mol. The fourth-order valence-corrected chi connectivity index (χ4v) is 20.5. The summed E-state index contributed by atoms with van der Waals surface area (Å²) in [7, 11) is -2.65. The largest absolute Gasteiger partial charge is 0.417 e. The molecule has 5 N–H and O–H groups in total. The number of benzene rings is 1. The van der Waals surface area contributed by atoms with Crippen LogP contribution >= 0.6 is 0 Å². The second-order valence-electron chi connectivity index (χ2n) is 26.1. The predicted molar refractivity (Wildman–Crippen MR) is 280 cm³/mol. The summed E-state index contributed by atoms with van der Waals surface area (Å²) in [6, 6.07) is 8.54. The smallest absolute Gasteiger partial charge is 0.400 e. The third kappa shape index (κ3) is 10.6. The molecule has 6 fully saturated rings. The Balaban J connectivity index is 0.000000237. The van der Waals surface area contributed by atoms with Crippen molar-refractivity contribution < 1.29 is 60.3 Å². The lowest BCUT2D eigenvalue weighted by Crippen LogP contribution is -2.56. The molecule has 0 spiro atoms. The zero-order valence-corrected chi connectivity index (χ0v) is 46.0. The summed E-state index contributed by atoms with van der Waals surface area (Å²) >= 11 is 0. The molecular weight excluding hydrogens is 979 g/mol. The number of aliphatic hydroxyl groups is 5. The molecule has 0 aliphatic heterocycles. The van der Waals surface area contributed by atoms with Crippen LogP contribution in [0, 0.1) is 80.8 Å². The van der Waals surface area contributed by atoms with Crippen LogP contribution in [0.3, 0.4) is 0 Å². The Labute approximate surface area is 440 Å². The molecule has 74 heavy (non-hydrogen) atoms. The van der Waals surface area contributed by atoms with Crippen molar-refractivity contribution in [3.05, 3.63) is 53.6 Å². The maximum absolute atomic E-state index is 13.9. The molecule has 7 nitrogen and oxygen atoms in total. The zero-order valence-electron chi connectivity index (χ0n) is 45.2. The van der Waals surface area contributed by atoms with Crippen molar-refractivity contribution >= 4 is 9.84 Å². The van der Waals surface area contributed by atoms with Gasteiger partial charge in [-0.25, -0.2) is 8.42 Å². The van der Waals surface area contributed by atoms with E-state index < -0.39 is 44.7 Å². The first-order valence-electron chi connectivity index (χ1n) is 27.9. The molecule has 0 heterocycles. The number of hydrogen-bond donors (Lipinski definition) is 5. The van der Waals surface area contributed by atoms with Crippen LogP contribution in [0.15, 0.2) is 58.5 Å². The van der Waals surface area contributed by atoms with Gasteiger partial charge in [0.1, 0.15) is 0 Å². The predicted octanol–water partition coefficient (Wildman–Crippen LogP) is 14.0. The number of aliphatic hydroxyl groups excluding tert-OH is 3. The Hall–Kier alpha value is -1.97. The number of halogens is 6. The van der Waals surface area contributed by atoms with E-state index in [4.69, 9.17) is 5.11 Å². The normalized spacial score (nSPS) is 41.6. The van der Waals surface area contributed by atoms with E-state index in [0.29, 0.717) is 64.6 Å². The highest BCUT2D eigenvalue weighted by Gasteiger charge is 2.66. The first-order valence-corrected chi connectivity index (χ1v) is 29.5. The average Bonchev–Trinajstić information content (AvgIpc) is 3.87. The molecule has 8 aliphatic carbocycles. The van der Waals surface area contributed by atoms with Gasteiger partial charge in [0.25, 0.3) is 0 Å². The summed E-state index contributed by atoms with van der Waals surface area (Å²) in [4.78, 5) is 0.296. The third-order valence-corrected chi connectivity index (χ3v) is 24.9. The molecule has 14 heteroatoms. The number of sulfone groups is 1. The average molecular weight is 1070 g/mol. The summed E-state index contributed by atoms with van der Waals surface area (Å²) < 4.78 is 109. The number of rotatable bonds is 10. The molecule has 9 rings (SSSR count). The second-order valence-corrected chi connectivity index (χ2v) is 28.3. The van der Waals surface area contributed by atoms with Gasteiger partial charge in [0.15, 0.2) is 21.0 Å². The van der Waals surface area contributed by atoms with Gasteiger partial charge >= 0.3 is 12.4 Å². The fourth-order valence-electron chi connectivity index (χ4n) is 18.4. The van der Waals surface area contributed by atoms with Crippen molar-refractivity contribution in [2.75, 3.05) is 7.11 Å². The first kappa shape index (κ1) is 61.2. The Morgan fingerprint density at radius 1 is 0.595 bits per heavy atom. The highest BCUT2D eigenvalue weighted by atomic mass is 32.2. The summed E-state index contributed by atoms with van der Waals surface area (Å²) in [5.41, 5.74) is -3.83. The van der Waals surface area contributed by atoms with Crippen molar-refractivity contribution in [3.8, 4) is 0 Å². The van der Waals surface area contributed by atoms with Crippen molar-refractivity contribution in [2.24, 2.45) is 80.8 Å². The highest BCUT2D eigenvalue weighted by molar-refractivity contribution is 7.92. The molecule has 1 aromatic carbocycles. The van der Waals surface area contributed by atoms with Crippen molar-refractivity contribution in [3.63, 3.8) is 0 Å². The van der Waals surface area contributed by atoms with Gasteiger partial charge in [-0.1, -0.05) is 90.5 Å². The van der Waals surface area contributed by atoms with Crippen LogP contribution in [0.5, 0.6) is 0 Å². The van der Waals surface area contributed by atoms with Gasteiger partial charge in [0.2, 0.25) is 0 Å². The standard InChI is InChI=1S/C32H45F3O4S.C26H41F3O2.CH4O.CH4/c1-20(36)18-28(40(38,39)23-8-6-5-7-9-23)21(2)25-12-13-26-24-11-10-22-19-31(37,32(33,34)35)17-16-29(22,3)27(24)14-15-30(25,26)4;1-16(5-6-17(2)30)20-9-10-21-19-8-7-18-15-25(31,26(27,28)29)14-13-23(18,3)22(19)11-12-24(20,21)4;1-2;/h5-10,20-21,24-28,36-37H,11-19H2,1-4H3;7,16-17,19-22,30-31H,5-6,8-15H2,1-4H3;2H,1H3;1H4/t20-,21+,24+,25-,26+,27+,28?,29+,30-,31+;16-,17-,19+,20-,21+,22+,23+,24-,25+;;/m11../s1. The maximum atomic E-state index is 13.9. The van der Waals surface area contributed by atoms with Crippen LogP contribution in [-0.4, -0.2) is 82.1 Å². The quantitative estimate of drug-likeness (QED) is 0.116. The van der Waals surface area contributed by atoms with E-state index in [-0.39, 0.29) is 79.6 Å². The lowest BCUT2D eigenvalue weighted by molar-refractivity contribution is -0.271. The van der Waals surface area contributed by atoms with Crippen LogP contribution in [0.4, 0.5) is 26.3 Å². The molecule has 0 saturated heterocycles. The summed E-state index contributed by atoms with van der Waals surface area (Å²) in [5.74, 6) is 3.95. The fraction of sp³-hybridized carbons (Fsp3) is 0.833. The van der Waals surface area contributed by atoms with E-state index in [9.17, 15) is 55.2 Å². The Morgan fingerprint density at radius 2 is 1.03 bits per heavy atom. The Bertz CT molecular complexity index is 2250. The lowest BCUT2D eigenvalue weighted by Gasteiger charge is -2.59. The molecule has 424 valence electrons. The molecule has 0 radical (unpaired) electrons. The van der Waals surface area contributed by atoms with E-state index in [0.717, 1.165) is 82.5 Å². The molecule has 6 saturated carbocycles. The number of allylic oxidation sites excluding steroid dienone is 2. The van der Waals surface area contributed by atoms with Crippen LogP contribution in [0.1, 0.15) is 185 Å². The van der Waals surface area contributed by atoms with E-state index in [1.165, 1.54) is 12.8 Å². The number of fused-ring (bicyclic) bond motifs is 10. The summed E-state index contributed by atoms with van der Waals surface area (Å²) in [5, 5.41) is 47.2. The molecule has 0 aromatic heterocycles. The van der Waals surface area contributed by atoms with Crippen molar-refractivity contribution in [1.82, 2.24) is 0 Å². The third-order valence-electron chi connectivity index (χ3n) is 22.5. The van der Waals surface area contributed by atoms with Crippen LogP contribution in [0.2, 0.25) is 0 Å². The summed E-state index contributed by atoms with van der Waals surface area (Å²) in [6.07, 6.45) is 5.90. The minimum Gasteiger partial charge on any atom is -0.400 e. The Morgan fingerprint density at radius 3 is 1.45 bits per heavy atom. The molecule has 0 bridgehead atoms.